The zero-order chi connectivity index (χ0) is 28.2. The normalized spacial score (nSPS) is 11.4. The quantitative estimate of drug-likeness (QED) is 0.292. The number of rotatable bonds is 8. The van der Waals surface area contributed by atoms with Crippen LogP contribution < -0.4 is 10.6 Å². The lowest BCUT2D eigenvalue weighted by molar-refractivity contribution is -0.116. The van der Waals surface area contributed by atoms with Crippen LogP contribution in [0.25, 0.3) is 16.5 Å². The Morgan fingerprint density at radius 3 is 2.44 bits per heavy atom. The van der Waals surface area contributed by atoms with Gasteiger partial charge in [0.15, 0.2) is 0 Å². The number of hydrogen-bond acceptors (Lipinski definition) is 4. The van der Waals surface area contributed by atoms with Crippen LogP contribution in [0.2, 0.25) is 0 Å². The van der Waals surface area contributed by atoms with Gasteiger partial charge in [0.2, 0.25) is 5.91 Å². The molecule has 0 spiro atoms. The summed E-state index contributed by atoms with van der Waals surface area (Å²) < 4.78 is 6.98. The van der Waals surface area contributed by atoms with Crippen molar-refractivity contribution in [2.75, 3.05) is 37.4 Å². The first kappa shape index (κ1) is 27.9. The Hall–Kier alpha value is -4.17. The fourth-order valence-corrected chi connectivity index (χ4v) is 4.40. The highest BCUT2D eigenvalue weighted by molar-refractivity contribution is 6.03. The van der Waals surface area contributed by atoms with Gasteiger partial charge in [-0.2, -0.15) is 5.10 Å². The van der Waals surface area contributed by atoms with Crippen LogP contribution in [0.3, 0.4) is 0 Å². The van der Waals surface area contributed by atoms with Gasteiger partial charge in [-0.15, -0.1) is 0 Å². The van der Waals surface area contributed by atoms with Crippen LogP contribution in [0.4, 0.5) is 16.3 Å². The third kappa shape index (κ3) is 6.64. The molecule has 4 aromatic rings. The molecule has 0 radical (unpaired) electrons. The lowest BCUT2D eigenvalue weighted by atomic mass is 9.92. The Morgan fingerprint density at radius 2 is 1.72 bits per heavy atom. The van der Waals surface area contributed by atoms with E-state index in [1.54, 1.807) is 11.8 Å². The molecule has 0 atom stereocenters. The van der Waals surface area contributed by atoms with Gasteiger partial charge in [-0.05, 0) is 36.9 Å². The second-order valence-corrected chi connectivity index (χ2v) is 10.8. The van der Waals surface area contributed by atoms with Crippen molar-refractivity contribution in [2.45, 2.75) is 40.0 Å². The van der Waals surface area contributed by atoms with Crippen molar-refractivity contribution in [3.05, 3.63) is 83.6 Å². The molecule has 4 rings (SSSR count). The van der Waals surface area contributed by atoms with Crippen LogP contribution >= 0.6 is 0 Å². The zero-order valence-corrected chi connectivity index (χ0v) is 23.5. The van der Waals surface area contributed by atoms with Gasteiger partial charge >= 0.3 is 6.03 Å². The van der Waals surface area contributed by atoms with Gasteiger partial charge in [-0.3, -0.25) is 4.79 Å². The first-order chi connectivity index (χ1) is 18.6. The number of anilines is 2. The maximum absolute atomic E-state index is 13.3. The monoisotopic (exact) mass is 527 g/mol. The number of methoxy groups -OCH3 is 1. The highest BCUT2D eigenvalue weighted by Crippen LogP contribution is 2.28. The molecule has 39 heavy (non-hydrogen) atoms. The van der Waals surface area contributed by atoms with Crippen molar-refractivity contribution in [3.8, 4) is 5.69 Å². The number of hydrogen-bond donors (Lipinski definition) is 2. The van der Waals surface area contributed by atoms with Crippen molar-refractivity contribution >= 4 is 34.2 Å². The molecular weight excluding hydrogens is 490 g/mol. The van der Waals surface area contributed by atoms with Crippen molar-refractivity contribution in [1.82, 2.24) is 14.7 Å². The molecule has 0 fully saturated rings. The van der Waals surface area contributed by atoms with Crippen LogP contribution in [-0.2, 0) is 14.9 Å². The summed E-state index contributed by atoms with van der Waals surface area (Å²) in [5, 5.41) is 12.7. The minimum atomic E-state index is -0.378. The molecule has 0 aliphatic heterocycles. The fourth-order valence-electron chi connectivity index (χ4n) is 4.40. The summed E-state index contributed by atoms with van der Waals surface area (Å²) in [6.45, 7) is 10.7. The molecule has 0 saturated heterocycles. The van der Waals surface area contributed by atoms with Crippen molar-refractivity contribution in [3.63, 3.8) is 0 Å². The number of urea groups is 1. The van der Waals surface area contributed by atoms with Gasteiger partial charge in [0.05, 0.1) is 23.7 Å². The maximum Gasteiger partial charge on any atom is 0.322 e. The Balaban J connectivity index is 1.57. The van der Waals surface area contributed by atoms with E-state index < -0.39 is 0 Å². The predicted molar refractivity (Wildman–Crippen MR) is 157 cm³/mol. The summed E-state index contributed by atoms with van der Waals surface area (Å²) in [6, 6.07) is 21.2. The van der Waals surface area contributed by atoms with E-state index >= 15 is 0 Å². The summed E-state index contributed by atoms with van der Waals surface area (Å²) in [5.41, 5.74) is 4.40. The number of ether oxygens (including phenoxy) is 1. The Morgan fingerprint density at radius 1 is 0.974 bits per heavy atom. The molecule has 3 amide bonds. The predicted octanol–water partition coefficient (Wildman–Crippen LogP) is 6.06. The van der Waals surface area contributed by atoms with Gasteiger partial charge in [0.1, 0.15) is 12.4 Å². The average molecular weight is 528 g/mol. The molecule has 1 heterocycles. The van der Waals surface area contributed by atoms with E-state index in [-0.39, 0.29) is 30.4 Å². The SMILES string of the molecule is COCCN(CC(=O)Nc1cc(C(C)(C)C)nn1-c1ccc(C)cc1C)C(=O)Nc1cccc2ccccc12. The van der Waals surface area contributed by atoms with Gasteiger partial charge in [0.25, 0.3) is 0 Å². The number of aryl methyl sites for hydroxylation is 2. The van der Waals surface area contributed by atoms with E-state index in [9.17, 15) is 9.59 Å². The third-order valence-corrected chi connectivity index (χ3v) is 6.54. The summed E-state index contributed by atoms with van der Waals surface area (Å²) in [7, 11) is 1.57. The zero-order valence-electron chi connectivity index (χ0n) is 23.5. The second kappa shape index (κ2) is 11.7. The number of benzene rings is 3. The minimum Gasteiger partial charge on any atom is -0.383 e. The minimum absolute atomic E-state index is 0.150. The van der Waals surface area contributed by atoms with E-state index in [2.05, 4.69) is 37.5 Å². The summed E-state index contributed by atoms with van der Waals surface area (Å²) in [6.07, 6.45) is 0. The van der Waals surface area contributed by atoms with Crippen LogP contribution in [0, 0.1) is 13.8 Å². The Labute approximate surface area is 230 Å². The molecule has 0 bridgehead atoms. The number of nitrogens with one attached hydrogen (secondary N) is 2. The number of carbonyl (C=O) groups excluding carboxylic acids is 2. The topological polar surface area (TPSA) is 88.5 Å². The standard InChI is InChI=1S/C31H37N5O3/c1-21-14-15-26(22(2)18-21)36-28(19-27(34-36)31(3,4)5)33-29(37)20-35(16-17-39-6)30(38)32-25-13-9-11-23-10-7-8-12-24(23)25/h7-15,18-19H,16-17,20H2,1-6H3,(H,32,38)(H,33,37). The van der Waals surface area contributed by atoms with Crippen molar-refractivity contribution in [1.29, 1.82) is 0 Å². The smallest absolute Gasteiger partial charge is 0.322 e. The molecule has 8 heteroatoms. The van der Waals surface area contributed by atoms with Crippen LogP contribution in [0.15, 0.2) is 66.7 Å². The Bertz CT molecular complexity index is 1480. The molecule has 8 nitrogen and oxygen atoms in total. The van der Waals surface area contributed by atoms with Crippen molar-refractivity contribution in [2.24, 2.45) is 0 Å². The molecule has 0 saturated carbocycles. The Kier molecular flexibility index (Phi) is 8.35. The van der Waals surface area contributed by atoms with Crippen LogP contribution in [0.1, 0.15) is 37.6 Å². The molecule has 0 aliphatic rings. The van der Waals surface area contributed by atoms with Gasteiger partial charge < -0.3 is 20.3 Å². The van der Waals surface area contributed by atoms with E-state index in [1.807, 2.05) is 74.5 Å². The lowest BCUT2D eigenvalue weighted by Gasteiger charge is -2.23. The van der Waals surface area contributed by atoms with Gasteiger partial charge in [-0.25, -0.2) is 9.48 Å². The highest BCUT2D eigenvalue weighted by atomic mass is 16.5. The van der Waals surface area contributed by atoms with Crippen molar-refractivity contribution < 1.29 is 14.3 Å². The molecule has 0 unspecified atom stereocenters. The summed E-state index contributed by atoms with van der Waals surface area (Å²) in [5.74, 6) is 0.226. The highest BCUT2D eigenvalue weighted by Gasteiger charge is 2.24. The summed E-state index contributed by atoms with van der Waals surface area (Å²) in [4.78, 5) is 28.1. The molecule has 3 aromatic carbocycles. The first-order valence-electron chi connectivity index (χ1n) is 13.1. The number of nitrogens with zero attached hydrogens (tertiary/aromatic N) is 3. The average Bonchev–Trinajstić information content (AvgIpc) is 3.30. The lowest BCUT2D eigenvalue weighted by Crippen LogP contribution is -2.42. The van der Waals surface area contributed by atoms with Gasteiger partial charge in [0, 0.05) is 30.5 Å². The first-order valence-corrected chi connectivity index (χ1v) is 13.1. The van der Waals surface area contributed by atoms with Gasteiger partial charge in [-0.1, -0.05) is 74.9 Å². The molecule has 2 N–H and O–H groups in total. The van der Waals surface area contributed by atoms with E-state index in [0.29, 0.717) is 18.1 Å². The number of amides is 3. The van der Waals surface area contributed by atoms with E-state index in [1.165, 1.54) is 4.90 Å². The fraction of sp³-hybridized carbons (Fsp3) is 0.323. The second-order valence-electron chi connectivity index (χ2n) is 10.8. The number of aromatic nitrogens is 2. The van der Waals surface area contributed by atoms with E-state index in [4.69, 9.17) is 9.84 Å². The molecular formula is C31H37N5O3. The maximum atomic E-state index is 13.3. The third-order valence-electron chi connectivity index (χ3n) is 6.54. The number of fused-ring (bicyclic) bond motifs is 1. The molecule has 204 valence electrons. The largest absolute Gasteiger partial charge is 0.383 e. The summed E-state index contributed by atoms with van der Waals surface area (Å²) >= 11 is 0. The number of carbonyl (C=O) groups is 2. The van der Waals surface area contributed by atoms with Crippen LogP contribution in [0.5, 0.6) is 0 Å². The molecule has 0 aliphatic carbocycles. The van der Waals surface area contributed by atoms with Crippen LogP contribution in [-0.4, -0.2) is 53.4 Å². The molecule has 1 aromatic heterocycles. The van der Waals surface area contributed by atoms with E-state index in [0.717, 1.165) is 33.3 Å².